The van der Waals surface area contributed by atoms with Crippen molar-refractivity contribution in [1.29, 1.82) is 0 Å². The van der Waals surface area contributed by atoms with Crippen LogP contribution < -0.4 is 21.1 Å². The third kappa shape index (κ3) is 3.63. The van der Waals surface area contributed by atoms with E-state index in [4.69, 9.17) is 10.5 Å². The first-order chi connectivity index (χ1) is 10.7. The quantitative estimate of drug-likeness (QED) is 0.802. The van der Waals surface area contributed by atoms with Gasteiger partial charge in [0.25, 0.3) is 0 Å². The van der Waals surface area contributed by atoms with Gasteiger partial charge in [-0.3, -0.25) is 15.8 Å². The molecule has 0 saturated carbocycles. The zero-order valence-corrected chi connectivity index (χ0v) is 12.2. The summed E-state index contributed by atoms with van der Waals surface area (Å²) in [7, 11) is 0. The van der Waals surface area contributed by atoms with E-state index in [1.54, 1.807) is 0 Å². The van der Waals surface area contributed by atoms with Gasteiger partial charge in [-0.1, -0.05) is 42.5 Å². The van der Waals surface area contributed by atoms with Gasteiger partial charge in [-0.2, -0.15) is 0 Å². The Hall–Kier alpha value is -2.37. The molecule has 3 rings (SSSR count). The molecule has 1 saturated heterocycles. The second-order valence-electron chi connectivity index (χ2n) is 5.31. The zero-order chi connectivity index (χ0) is 15.4. The molecule has 0 bridgehead atoms. The van der Waals surface area contributed by atoms with E-state index in [9.17, 15) is 4.79 Å². The maximum Gasteiger partial charge on any atom is 0.224 e. The molecular formula is C17H19N3O2. The summed E-state index contributed by atoms with van der Waals surface area (Å²) in [5, 5.41) is 5.78. The minimum absolute atomic E-state index is 0.0411. The lowest BCUT2D eigenvalue weighted by atomic mass is 10.0. The Morgan fingerprint density at radius 2 is 1.82 bits per heavy atom. The third-order valence-corrected chi connectivity index (χ3v) is 3.62. The molecule has 0 radical (unpaired) electrons. The standard InChI is InChI=1S/C17H19N3O2/c18-17-19-15(10-16(21)20-17)13-6-8-14(9-7-13)22-11-12-4-2-1-3-5-12/h1-9,15,17,19H,10-11,18H2,(H,20,21). The van der Waals surface area contributed by atoms with Crippen LogP contribution in [0.15, 0.2) is 54.6 Å². The van der Waals surface area contributed by atoms with Crippen LogP contribution in [0, 0.1) is 0 Å². The van der Waals surface area contributed by atoms with Crippen LogP contribution in [0.3, 0.4) is 0 Å². The number of carbonyl (C=O) groups is 1. The van der Waals surface area contributed by atoms with Crippen molar-refractivity contribution in [3.05, 3.63) is 65.7 Å². The first-order valence-electron chi connectivity index (χ1n) is 7.28. The Kier molecular flexibility index (Phi) is 4.37. The monoisotopic (exact) mass is 297 g/mol. The number of hydrogen-bond acceptors (Lipinski definition) is 4. The van der Waals surface area contributed by atoms with Gasteiger partial charge in [-0.05, 0) is 23.3 Å². The second kappa shape index (κ2) is 6.60. The van der Waals surface area contributed by atoms with E-state index in [1.807, 2.05) is 54.6 Å². The number of nitrogens with one attached hydrogen (secondary N) is 2. The molecule has 0 aromatic heterocycles. The van der Waals surface area contributed by atoms with Crippen molar-refractivity contribution in [2.24, 2.45) is 5.73 Å². The highest BCUT2D eigenvalue weighted by molar-refractivity contribution is 5.77. The van der Waals surface area contributed by atoms with Crippen LogP contribution in [0.2, 0.25) is 0 Å². The number of carbonyl (C=O) groups excluding carboxylic acids is 1. The van der Waals surface area contributed by atoms with E-state index in [0.29, 0.717) is 13.0 Å². The molecule has 2 unspecified atom stereocenters. The lowest BCUT2D eigenvalue weighted by Gasteiger charge is -2.29. The fourth-order valence-corrected chi connectivity index (χ4v) is 2.49. The highest BCUT2D eigenvalue weighted by atomic mass is 16.5. The largest absolute Gasteiger partial charge is 0.489 e. The average molecular weight is 297 g/mol. The molecule has 1 aliphatic rings. The number of amides is 1. The van der Waals surface area contributed by atoms with Crippen LogP contribution >= 0.6 is 0 Å². The first-order valence-corrected chi connectivity index (χ1v) is 7.28. The van der Waals surface area contributed by atoms with E-state index in [0.717, 1.165) is 16.9 Å². The van der Waals surface area contributed by atoms with Crippen LogP contribution in [0.1, 0.15) is 23.6 Å². The van der Waals surface area contributed by atoms with E-state index in [2.05, 4.69) is 10.6 Å². The van der Waals surface area contributed by atoms with Gasteiger partial charge in [0.05, 0.1) is 0 Å². The molecule has 2 atom stereocenters. The molecule has 2 aromatic carbocycles. The van der Waals surface area contributed by atoms with Crippen LogP contribution in [0.5, 0.6) is 5.75 Å². The molecule has 2 aromatic rings. The summed E-state index contributed by atoms with van der Waals surface area (Å²) in [5.41, 5.74) is 7.88. The molecule has 1 fully saturated rings. The van der Waals surface area contributed by atoms with Crippen molar-refractivity contribution < 1.29 is 9.53 Å². The van der Waals surface area contributed by atoms with Gasteiger partial charge < -0.3 is 10.1 Å². The van der Waals surface area contributed by atoms with Gasteiger partial charge in [0.1, 0.15) is 18.6 Å². The SMILES string of the molecule is NC1NC(=O)CC(c2ccc(OCc3ccccc3)cc2)N1. The molecule has 5 nitrogen and oxygen atoms in total. The van der Waals surface area contributed by atoms with E-state index >= 15 is 0 Å². The Labute approximate surface area is 129 Å². The number of hydrogen-bond donors (Lipinski definition) is 3. The lowest BCUT2D eigenvalue weighted by molar-refractivity contribution is -0.124. The molecule has 1 heterocycles. The van der Waals surface area contributed by atoms with Gasteiger partial charge in [0.15, 0.2) is 0 Å². The maximum atomic E-state index is 11.5. The topological polar surface area (TPSA) is 76.4 Å². The summed E-state index contributed by atoms with van der Waals surface area (Å²) >= 11 is 0. The van der Waals surface area contributed by atoms with Crippen molar-refractivity contribution in [3.63, 3.8) is 0 Å². The third-order valence-electron chi connectivity index (χ3n) is 3.62. The van der Waals surface area contributed by atoms with Crippen LogP contribution in [0.4, 0.5) is 0 Å². The van der Waals surface area contributed by atoms with E-state index in [-0.39, 0.29) is 11.9 Å². The van der Waals surface area contributed by atoms with Crippen LogP contribution in [0.25, 0.3) is 0 Å². The summed E-state index contributed by atoms with van der Waals surface area (Å²) in [6.07, 6.45) is -0.113. The van der Waals surface area contributed by atoms with Crippen molar-refractivity contribution in [2.75, 3.05) is 0 Å². The number of nitrogens with two attached hydrogens (primary N) is 1. The maximum absolute atomic E-state index is 11.5. The lowest BCUT2D eigenvalue weighted by Crippen LogP contribution is -2.57. The minimum Gasteiger partial charge on any atom is -0.489 e. The molecular weight excluding hydrogens is 278 g/mol. The summed E-state index contributed by atoms with van der Waals surface area (Å²) in [6.45, 7) is 0.537. The molecule has 4 N–H and O–H groups in total. The van der Waals surface area contributed by atoms with E-state index < -0.39 is 6.29 Å². The van der Waals surface area contributed by atoms with Crippen molar-refractivity contribution in [1.82, 2.24) is 10.6 Å². The molecule has 22 heavy (non-hydrogen) atoms. The number of ether oxygens (including phenoxy) is 1. The Morgan fingerprint density at radius 1 is 1.09 bits per heavy atom. The van der Waals surface area contributed by atoms with Gasteiger partial charge in [0, 0.05) is 12.5 Å². The Bertz CT molecular complexity index is 628. The molecule has 1 aliphatic heterocycles. The Morgan fingerprint density at radius 3 is 2.50 bits per heavy atom. The predicted molar refractivity (Wildman–Crippen MR) is 83.8 cm³/mol. The van der Waals surface area contributed by atoms with Gasteiger partial charge >= 0.3 is 0 Å². The second-order valence-corrected chi connectivity index (χ2v) is 5.31. The minimum atomic E-state index is -0.500. The van der Waals surface area contributed by atoms with Crippen molar-refractivity contribution in [3.8, 4) is 5.75 Å². The van der Waals surface area contributed by atoms with E-state index in [1.165, 1.54) is 0 Å². The smallest absolute Gasteiger partial charge is 0.224 e. The Balaban J connectivity index is 1.61. The molecule has 0 aliphatic carbocycles. The summed E-state index contributed by atoms with van der Waals surface area (Å²) < 4.78 is 5.75. The van der Waals surface area contributed by atoms with Gasteiger partial charge in [0.2, 0.25) is 5.91 Å². The normalized spacial score (nSPS) is 21.2. The number of benzene rings is 2. The molecule has 114 valence electrons. The van der Waals surface area contributed by atoms with Crippen molar-refractivity contribution in [2.45, 2.75) is 25.4 Å². The fraction of sp³-hybridized carbons (Fsp3) is 0.235. The summed E-state index contributed by atoms with van der Waals surface area (Å²) in [6, 6.07) is 17.7. The summed E-state index contributed by atoms with van der Waals surface area (Å²) in [5.74, 6) is 0.762. The van der Waals surface area contributed by atoms with Crippen molar-refractivity contribution >= 4 is 5.91 Å². The fourth-order valence-electron chi connectivity index (χ4n) is 2.49. The average Bonchev–Trinajstić information content (AvgIpc) is 2.53. The van der Waals surface area contributed by atoms with Gasteiger partial charge in [-0.15, -0.1) is 0 Å². The molecule has 5 heteroatoms. The first kappa shape index (κ1) is 14.6. The summed E-state index contributed by atoms with van der Waals surface area (Å²) in [4.78, 5) is 11.5. The van der Waals surface area contributed by atoms with Crippen LogP contribution in [-0.2, 0) is 11.4 Å². The zero-order valence-electron chi connectivity index (χ0n) is 12.2. The molecule has 1 amide bonds. The predicted octanol–water partition coefficient (Wildman–Crippen LogP) is 1.66. The number of rotatable bonds is 4. The highest BCUT2D eigenvalue weighted by Crippen LogP contribution is 2.22. The van der Waals surface area contributed by atoms with Gasteiger partial charge in [-0.25, -0.2) is 0 Å². The van der Waals surface area contributed by atoms with Crippen LogP contribution in [-0.4, -0.2) is 12.2 Å². The molecule has 0 spiro atoms. The highest BCUT2D eigenvalue weighted by Gasteiger charge is 2.24.